The molecule has 4 rings (SSSR count). The molecule has 3 atom stereocenters. The normalized spacial score (nSPS) is 18.8. The summed E-state index contributed by atoms with van der Waals surface area (Å²) in [7, 11) is 0. The van der Waals surface area contributed by atoms with E-state index in [1.54, 1.807) is 6.20 Å². The van der Waals surface area contributed by atoms with Crippen LogP contribution in [0.4, 0.5) is 22.0 Å². The van der Waals surface area contributed by atoms with Crippen LogP contribution in [0.25, 0.3) is 11.2 Å². The molecule has 36 heavy (non-hydrogen) atoms. The molecule has 0 saturated heterocycles. The predicted molar refractivity (Wildman–Crippen MR) is 139 cm³/mol. The minimum atomic E-state index is -0.552. The van der Waals surface area contributed by atoms with Crippen LogP contribution in [-0.2, 0) is 4.79 Å². The lowest BCUT2D eigenvalue weighted by molar-refractivity contribution is -0.118. The Morgan fingerprint density at radius 1 is 1.28 bits per heavy atom. The van der Waals surface area contributed by atoms with Gasteiger partial charge in [0.15, 0.2) is 5.65 Å². The molecule has 0 radical (unpaired) electrons. The molecule has 12 heteroatoms. The number of amides is 1. The topological polar surface area (TPSA) is 131 Å². The highest BCUT2D eigenvalue weighted by Gasteiger charge is 2.25. The maximum absolute atomic E-state index is 13.8. The number of aromatic nitrogens is 4. The average molecular weight is 538 g/mol. The van der Waals surface area contributed by atoms with Gasteiger partial charge >= 0.3 is 0 Å². The Morgan fingerprint density at radius 2 is 2.03 bits per heavy atom. The van der Waals surface area contributed by atoms with Gasteiger partial charge in [0.2, 0.25) is 17.8 Å². The van der Waals surface area contributed by atoms with Crippen LogP contribution in [0.5, 0.6) is 0 Å². The molecule has 0 unspecified atom stereocenters. The van der Waals surface area contributed by atoms with Crippen molar-refractivity contribution in [2.75, 3.05) is 10.6 Å². The molecule has 1 aromatic carbocycles. The van der Waals surface area contributed by atoms with E-state index >= 15 is 0 Å². The molecule has 5 N–H and O–H groups in total. The average Bonchev–Trinajstić information content (AvgIpc) is 3.16. The fraction of sp³-hybridized carbons (Fsp3) is 0.500. The second kappa shape index (κ2) is 11.6. The first kappa shape index (κ1) is 26.4. The predicted octanol–water partition coefficient (Wildman–Crippen LogP) is 5.34. The summed E-state index contributed by atoms with van der Waals surface area (Å²) in [6.45, 7) is 2.05. The van der Waals surface area contributed by atoms with Crippen molar-refractivity contribution in [3.63, 3.8) is 0 Å². The molecular weight excluding hydrogens is 508 g/mol. The highest BCUT2D eigenvalue weighted by atomic mass is 35.5. The van der Waals surface area contributed by atoms with Gasteiger partial charge in [0.25, 0.3) is 0 Å². The van der Waals surface area contributed by atoms with Gasteiger partial charge in [-0.25, -0.2) is 14.4 Å². The standard InChI is InChI=1S/C24H30Cl2FN7O2/c1-2-4-15(7-8-20(28)36)34-22-19(12-29-23(33-22)30-14-5-3-6-16(35)11-14)31-24(34)32-21-17(25)9-13(27)10-18(21)26/h9-10,12,14-16,35H,2-8,11H2,1H3,(H2,28,36)(H,31,32)(H,29,30,33)/t14-,15-,16-/m1/s1. The number of benzene rings is 1. The number of halogens is 3. The van der Waals surface area contributed by atoms with Gasteiger partial charge in [-0.3, -0.25) is 9.36 Å². The number of imidazole rings is 1. The summed E-state index contributed by atoms with van der Waals surface area (Å²) in [4.78, 5) is 25.5. The molecular formula is C24H30Cl2FN7O2. The van der Waals surface area contributed by atoms with Crippen molar-refractivity contribution in [3.8, 4) is 0 Å². The van der Waals surface area contributed by atoms with Crippen LogP contribution >= 0.6 is 23.2 Å². The number of carbonyl (C=O) groups excluding carboxylic acids is 1. The van der Waals surface area contributed by atoms with E-state index < -0.39 is 11.7 Å². The Balaban J connectivity index is 1.77. The minimum absolute atomic E-state index is 0.0679. The van der Waals surface area contributed by atoms with Crippen molar-refractivity contribution < 1.29 is 14.3 Å². The van der Waals surface area contributed by atoms with Crippen LogP contribution in [0.2, 0.25) is 10.0 Å². The van der Waals surface area contributed by atoms with Gasteiger partial charge < -0.3 is 21.5 Å². The molecule has 1 amide bonds. The molecule has 2 heterocycles. The van der Waals surface area contributed by atoms with Gasteiger partial charge in [-0.15, -0.1) is 0 Å². The van der Waals surface area contributed by atoms with Gasteiger partial charge in [-0.1, -0.05) is 36.5 Å². The third-order valence-corrected chi connectivity index (χ3v) is 6.96. The molecule has 3 aromatic rings. The fourth-order valence-corrected chi connectivity index (χ4v) is 5.25. The summed E-state index contributed by atoms with van der Waals surface area (Å²) < 4.78 is 15.7. The lowest BCUT2D eigenvalue weighted by atomic mass is 9.93. The maximum atomic E-state index is 13.8. The zero-order valence-electron chi connectivity index (χ0n) is 20.0. The van der Waals surface area contributed by atoms with E-state index in [1.165, 1.54) is 12.1 Å². The molecule has 0 aliphatic heterocycles. The minimum Gasteiger partial charge on any atom is -0.393 e. The van der Waals surface area contributed by atoms with Crippen LogP contribution in [0, 0.1) is 5.82 Å². The summed E-state index contributed by atoms with van der Waals surface area (Å²) >= 11 is 12.6. The highest BCUT2D eigenvalue weighted by Crippen LogP contribution is 2.37. The van der Waals surface area contributed by atoms with Crippen molar-refractivity contribution in [1.82, 2.24) is 19.5 Å². The summed E-state index contributed by atoms with van der Waals surface area (Å²) in [6, 6.07) is 2.24. The van der Waals surface area contributed by atoms with Crippen LogP contribution in [0.3, 0.4) is 0 Å². The smallest absolute Gasteiger partial charge is 0.224 e. The van der Waals surface area contributed by atoms with Crippen molar-refractivity contribution in [3.05, 3.63) is 34.2 Å². The first-order chi connectivity index (χ1) is 17.2. The second-order valence-electron chi connectivity index (χ2n) is 9.19. The van der Waals surface area contributed by atoms with Crippen LogP contribution in [0.1, 0.15) is 64.3 Å². The molecule has 1 aliphatic carbocycles. The Bertz CT molecular complexity index is 1220. The number of primary amides is 1. The molecule has 1 saturated carbocycles. The van der Waals surface area contributed by atoms with Crippen molar-refractivity contribution in [1.29, 1.82) is 0 Å². The summed E-state index contributed by atoms with van der Waals surface area (Å²) in [6.07, 6.45) is 6.82. The Hall–Kier alpha value is -2.69. The number of nitrogens with two attached hydrogens (primary N) is 1. The van der Waals surface area contributed by atoms with Gasteiger partial charge in [0, 0.05) is 18.5 Å². The zero-order chi connectivity index (χ0) is 25.8. The van der Waals surface area contributed by atoms with Crippen LogP contribution in [-0.4, -0.2) is 42.7 Å². The van der Waals surface area contributed by atoms with Crippen molar-refractivity contribution in [2.45, 2.75) is 76.5 Å². The number of aliphatic hydroxyl groups excluding tert-OH is 1. The van der Waals surface area contributed by atoms with Gasteiger partial charge in [0.05, 0.1) is 28.0 Å². The number of rotatable bonds is 10. The first-order valence-electron chi connectivity index (χ1n) is 12.1. The van der Waals surface area contributed by atoms with Gasteiger partial charge in [0.1, 0.15) is 11.3 Å². The number of hydrogen-bond acceptors (Lipinski definition) is 7. The SMILES string of the molecule is CCC[C@H](CCC(N)=O)n1c(Nc2c(Cl)cc(F)cc2Cl)nc2cnc(N[C@@H]3CCC[C@@H](O)C3)nc21. The van der Waals surface area contributed by atoms with Crippen molar-refractivity contribution in [2.24, 2.45) is 5.73 Å². The quantitative estimate of drug-likeness (QED) is 0.274. The Morgan fingerprint density at radius 3 is 2.69 bits per heavy atom. The van der Waals surface area contributed by atoms with Crippen LogP contribution < -0.4 is 16.4 Å². The molecule has 0 spiro atoms. The monoisotopic (exact) mass is 537 g/mol. The molecule has 2 aromatic heterocycles. The lowest BCUT2D eigenvalue weighted by Gasteiger charge is -2.26. The number of anilines is 3. The van der Waals surface area contributed by atoms with E-state index in [2.05, 4.69) is 20.6 Å². The number of hydrogen-bond donors (Lipinski definition) is 4. The third-order valence-electron chi connectivity index (χ3n) is 6.37. The van der Waals surface area contributed by atoms with E-state index in [0.29, 0.717) is 41.6 Å². The summed E-state index contributed by atoms with van der Waals surface area (Å²) in [5.74, 6) is -0.128. The van der Waals surface area contributed by atoms with E-state index in [4.69, 9.17) is 33.9 Å². The van der Waals surface area contributed by atoms with Crippen molar-refractivity contribution >= 4 is 57.9 Å². The first-order valence-corrected chi connectivity index (χ1v) is 12.9. The van der Waals surface area contributed by atoms with E-state index in [0.717, 1.165) is 32.1 Å². The van der Waals surface area contributed by atoms with Gasteiger partial charge in [-0.2, -0.15) is 4.98 Å². The maximum Gasteiger partial charge on any atom is 0.224 e. The Kier molecular flexibility index (Phi) is 8.48. The number of fused-ring (bicyclic) bond motifs is 1. The molecule has 194 valence electrons. The summed E-state index contributed by atoms with van der Waals surface area (Å²) in [5, 5.41) is 16.7. The number of nitrogens with zero attached hydrogens (tertiary/aromatic N) is 4. The molecule has 0 bridgehead atoms. The second-order valence-corrected chi connectivity index (χ2v) is 10.0. The molecule has 1 fully saturated rings. The zero-order valence-corrected chi connectivity index (χ0v) is 21.5. The molecule has 9 nitrogen and oxygen atoms in total. The van der Waals surface area contributed by atoms with Crippen LogP contribution in [0.15, 0.2) is 18.3 Å². The van der Waals surface area contributed by atoms with E-state index in [-0.39, 0.29) is 34.7 Å². The highest BCUT2D eigenvalue weighted by molar-refractivity contribution is 6.39. The fourth-order valence-electron chi connectivity index (χ4n) is 4.69. The number of aliphatic hydroxyl groups is 1. The lowest BCUT2D eigenvalue weighted by Crippen LogP contribution is -2.30. The molecule has 1 aliphatic rings. The third kappa shape index (κ3) is 6.16. The number of nitrogens with one attached hydrogen (secondary N) is 2. The number of carbonyl (C=O) groups is 1. The Labute approximate surface area is 218 Å². The van der Waals surface area contributed by atoms with E-state index in [1.807, 2.05) is 11.5 Å². The van der Waals surface area contributed by atoms with Gasteiger partial charge in [-0.05, 0) is 50.7 Å². The summed E-state index contributed by atoms with van der Waals surface area (Å²) in [5.41, 5.74) is 6.85. The largest absolute Gasteiger partial charge is 0.393 e. The van der Waals surface area contributed by atoms with E-state index in [9.17, 15) is 14.3 Å².